The van der Waals surface area contributed by atoms with Gasteiger partial charge in [0.1, 0.15) is 6.10 Å². The number of anilines is 1. The number of alkyl halides is 3. The molecule has 0 N–H and O–H groups in total. The van der Waals surface area contributed by atoms with E-state index in [9.17, 15) is 18.0 Å². The minimum absolute atomic E-state index is 0.113. The number of fused-ring (bicyclic) bond motifs is 2. The van der Waals surface area contributed by atoms with Crippen LogP contribution in [-0.4, -0.2) is 44.9 Å². The molecule has 2 aliphatic heterocycles. The lowest BCUT2D eigenvalue weighted by molar-refractivity contribution is -0.156. The zero-order chi connectivity index (χ0) is 22.3. The third-order valence-electron chi connectivity index (χ3n) is 6.26. The molecule has 1 fully saturated rings. The Hall–Kier alpha value is -3.17. The highest BCUT2D eigenvalue weighted by atomic mass is 19.4. The molecule has 0 amide bonds. The second-order valence-corrected chi connectivity index (χ2v) is 8.29. The first-order valence-electron chi connectivity index (χ1n) is 10.7. The van der Waals surface area contributed by atoms with Gasteiger partial charge < -0.3 is 14.2 Å². The Morgan fingerprint density at radius 1 is 1.06 bits per heavy atom. The Labute approximate surface area is 182 Å². The summed E-state index contributed by atoms with van der Waals surface area (Å²) in [4.78, 5) is 18.4. The number of carbonyl (C=O) groups excluding carboxylic acids is 1. The molecule has 168 valence electrons. The summed E-state index contributed by atoms with van der Waals surface area (Å²) >= 11 is 0. The highest BCUT2D eigenvalue weighted by Crippen LogP contribution is 2.33. The minimum Gasteiger partial charge on any atom is -0.462 e. The maximum absolute atomic E-state index is 13.0. The summed E-state index contributed by atoms with van der Waals surface area (Å²) in [7, 11) is 0. The fourth-order valence-corrected chi connectivity index (χ4v) is 4.58. The molecule has 5 rings (SSSR count). The first-order valence-corrected chi connectivity index (χ1v) is 10.7. The van der Waals surface area contributed by atoms with Crippen LogP contribution in [-0.2, 0) is 28.7 Å². The van der Waals surface area contributed by atoms with Crippen LogP contribution in [0.2, 0.25) is 0 Å². The van der Waals surface area contributed by atoms with E-state index in [1.54, 1.807) is 6.20 Å². The van der Waals surface area contributed by atoms with E-state index < -0.39 is 17.9 Å². The number of benzene rings is 1. The Bertz CT molecular complexity index is 1130. The quantitative estimate of drug-likeness (QED) is 0.574. The van der Waals surface area contributed by atoms with Gasteiger partial charge in [-0.25, -0.2) is 4.98 Å². The highest BCUT2D eigenvalue weighted by molar-refractivity contribution is 5.91. The van der Waals surface area contributed by atoms with Gasteiger partial charge in [-0.05, 0) is 6.42 Å². The molecule has 0 saturated carbocycles. The van der Waals surface area contributed by atoms with Gasteiger partial charge in [-0.3, -0.25) is 4.79 Å². The summed E-state index contributed by atoms with van der Waals surface area (Å²) in [5, 5.41) is 10.5. The lowest BCUT2D eigenvalue weighted by atomic mass is 9.96. The second kappa shape index (κ2) is 8.07. The van der Waals surface area contributed by atoms with E-state index in [0.29, 0.717) is 38.0 Å². The lowest BCUT2D eigenvalue weighted by Gasteiger charge is -2.33. The van der Waals surface area contributed by atoms with Crippen molar-refractivity contribution >= 4 is 22.6 Å². The summed E-state index contributed by atoms with van der Waals surface area (Å²) in [5.41, 5.74) is 0.426. The predicted octanol–water partition coefficient (Wildman–Crippen LogP) is 3.62. The predicted molar refractivity (Wildman–Crippen MR) is 110 cm³/mol. The zero-order valence-corrected chi connectivity index (χ0v) is 17.3. The van der Waals surface area contributed by atoms with Crippen molar-refractivity contribution in [1.29, 1.82) is 0 Å². The fourth-order valence-electron chi connectivity index (χ4n) is 4.58. The van der Waals surface area contributed by atoms with Crippen molar-refractivity contribution in [2.75, 3.05) is 18.0 Å². The Morgan fingerprint density at radius 2 is 1.84 bits per heavy atom. The van der Waals surface area contributed by atoms with Crippen molar-refractivity contribution in [3.63, 3.8) is 0 Å². The van der Waals surface area contributed by atoms with Gasteiger partial charge in [0.05, 0.1) is 12.1 Å². The number of nitrogens with zero attached hydrogens (tertiary/aromatic N) is 5. The maximum atomic E-state index is 13.0. The monoisotopic (exact) mass is 445 g/mol. The van der Waals surface area contributed by atoms with E-state index in [1.165, 1.54) is 6.20 Å². The summed E-state index contributed by atoms with van der Waals surface area (Å²) in [6, 6.07) is 7.94. The van der Waals surface area contributed by atoms with Crippen LogP contribution in [0.15, 0.2) is 36.7 Å². The molecule has 1 saturated heterocycles. The van der Waals surface area contributed by atoms with Gasteiger partial charge >= 0.3 is 12.1 Å². The average Bonchev–Trinajstić information content (AvgIpc) is 3.23. The van der Waals surface area contributed by atoms with Crippen LogP contribution in [0.4, 0.5) is 19.0 Å². The van der Waals surface area contributed by atoms with Crippen LogP contribution in [0.3, 0.4) is 0 Å². The number of rotatable bonds is 3. The van der Waals surface area contributed by atoms with Gasteiger partial charge in [-0.15, -0.1) is 5.10 Å². The molecule has 0 radical (unpaired) electrons. The Balaban J connectivity index is 1.19. The van der Waals surface area contributed by atoms with Gasteiger partial charge in [0, 0.05) is 61.6 Å². The highest BCUT2D eigenvalue weighted by Gasteiger charge is 2.39. The topological polar surface area (TPSA) is 73.1 Å². The third-order valence-corrected chi connectivity index (χ3v) is 6.26. The second-order valence-electron chi connectivity index (χ2n) is 8.29. The van der Waals surface area contributed by atoms with Crippen molar-refractivity contribution in [3.05, 3.63) is 48.2 Å². The van der Waals surface area contributed by atoms with E-state index >= 15 is 0 Å². The standard InChI is InChI=1S/C22H22F3N5O2/c23-22(24,25)21-26-13-16-11-14(5-10-30(16)21)20(31)32-17-6-8-29(9-7-17)19-18-4-2-1-3-15(18)12-27-28-19/h1-4,12-14,17H,5-11H2. The minimum atomic E-state index is -4.49. The summed E-state index contributed by atoms with van der Waals surface area (Å²) in [6.07, 6.45) is 0.113. The molecule has 0 aliphatic carbocycles. The van der Waals surface area contributed by atoms with E-state index in [4.69, 9.17) is 4.74 Å². The smallest absolute Gasteiger partial charge is 0.449 e. The van der Waals surface area contributed by atoms with E-state index in [-0.39, 0.29) is 25.0 Å². The molecule has 32 heavy (non-hydrogen) atoms. The number of ether oxygens (including phenoxy) is 1. The number of carbonyl (C=O) groups is 1. The first-order chi connectivity index (χ1) is 15.4. The molecule has 10 heteroatoms. The molecule has 0 spiro atoms. The normalized spacial score (nSPS) is 19.7. The largest absolute Gasteiger partial charge is 0.462 e. The van der Waals surface area contributed by atoms with Crippen LogP contribution in [0, 0.1) is 5.92 Å². The molecule has 0 bridgehead atoms. The van der Waals surface area contributed by atoms with Gasteiger partial charge in [0.15, 0.2) is 5.82 Å². The molecule has 2 aliphatic rings. The van der Waals surface area contributed by atoms with Gasteiger partial charge in [0.2, 0.25) is 5.82 Å². The first kappa shape index (κ1) is 20.7. The number of hydrogen-bond acceptors (Lipinski definition) is 6. The maximum Gasteiger partial charge on any atom is 0.449 e. The molecule has 4 heterocycles. The number of hydrogen-bond donors (Lipinski definition) is 0. The van der Waals surface area contributed by atoms with Crippen molar-refractivity contribution in [1.82, 2.24) is 19.7 Å². The van der Waals surface area contributed by atoms with Crippen molar-refractivity contribution in [2.45, 2.75) is 44.5 Å². The third kappa shape index (κ3) is 3.89. The molecule has 3 aromatic rings. The van der Waals surface area contributed by atoms with Crippen molar-refractivity contribution < 1.29 is 22.7 Å². The van der Waals surface area contributed by atoms with Crippen LogP contribution in [0.5, 0.6) is 0 Å². The molecule has 2 aromatic heterocycles. The van der Waals surface area contributed by atoms with E-state index in [2.05, 4.69) is 20.1 Å². The van der Waals surface area contributed by atoms with E-state index in [0.717, 1.165) is 21.2 Å². The molecule has 7 nitrogen and oxygen atoms in total. The van der Waals surface area contributed by atoms with Gasteiger partial charge in [0.25, 0.3) is 0 Å². The van der Waals surface area contributed by atoms with Crippen LogP contribution in [0.25, 0.3) is 10.8 Å². The van der Waals surface area contributed by atoms with Gasteiger partial charge in [-0.2, -0.15) is 18.3 Å². The van der Waals surface area contributed by atoms with Crippen molar-refractivity contribution in [2.24, 2.45) is 5.92 Å². The molecule has 1 aromatic carbocycles. The summed E-state index contributed by atoms with van der Waals surface area (Å²) < 4.78 is 46.0. The molecule has 1 atom stereocenters. The van der Waals surface area contributed by atoms with E-state index in [1.807, 2.05) is 24.3 Å². The number of aromatic nitrogens is 4. The lowest BCUT2D eigenvalue weighted by Crippen LogP contribution is -2.40. The van der Waals surface area contributed by atoms with Crippen LogP contribution >= 0.6 is 0 Å². The summed E-state index contributed by atoms with van der Waals surface area (Å²) in [5.74, 6) is -0.853. The molecule has 1 unspecified atom stereocenters. The number of esters is 1. The Morgan fingerprint density at radius 3 is 2.62 bits per heavy atom. The van der Waals surface area contributed by atoms with Crippen molar-refractivity contribution in [3.8, 4) is 0 Å². The van der Waals surface area contributed by atoms with Gasteiger partial charge in [-0.1, -0.05) is 24.3 Å². The summed E-state index contributed by atoms with van der Waals surface area (Å²) in [6.45, 7) is 1.49. The molecular formula is C22H22F3N5O2. The SMILES string of the molecule is O=C(OC1CCN(c2nncc3ccccc23)CC1)C1CCn2c(cnc2C(F)(F)F)C1. The number of imidazole rings is 1. The Kier molecular flexibility index (Phi) is 5.22. The average molecular weight is 445 g/mol. The zero-order valence-electron chi connectivity index (χ0n) is 17.3. The van der Waals surface area contributed by atoms with Crippen LogP contribution < -0.4 is 4.90 Å². The van der Waals surface area contributed by atoms with Crippen LogP contribution in [0.1, 0.15) is 30.8 Å². The molecular weight excluding hydrogens is 423 g/mol. The fraction of sp³-hybridized carbons (Fsp3) is 0.455. The number of halogens is 3. The number of piperidine rings is 1.